The third-order valence-corrected chi connectivity index (χ3v) is 4.11. The van der Waals surface area contributed by atoms with Gasteiger partial charge in [-0.15, -0.1) is 0 Å². The molecule has 0 unspecified atom stereocenters. The molecular formula is C16H28N4O. The SMILES string of the molecule is C[C@@H](NC(=O)CC1CC(C)(C)NC(C)(C)C1)c1cnc[nH]1. The minimum Gasteiger partial charge on any atom is -0.348 e. The van der Waals surface area contributed by atoms with Crippen LogP contribution in [-0.4, -0.2) is 27.0 Å². The average molecular weight is 292 g/mol. The monoisotopic (exact) mass is 292 g/mol. The molecular weight excluding hydrogens is 264 g/mol. The van der Waals surface area contributed by atoms with E-state index in [-0.39, 0.29) is 23.0 Å². The number of aromatic amines is 1. The van der Waals surface area contributed by atoms with Gasteiger partial charge in [-0.3, -0.25) is 4.79 Å². The molecule has 0 bridgehead atoms. The highest BCUT2D eigenvalue weighted by Crippen LogP contribution is 2.34. The number of imidazole rings is 1. The first-order valence-electron chi connectivity index (χ1n) is 7.74. The van der Waals surface area contributed by atoms with Crippen LogP contribution in [0.25, 0.3) is 0 Å². The Morgan fingerprint density at radius 1 is 1.38 bits per heavy atom. The van der Waals surface area contributed by atoms with Gasteiger partial charge in [0.25, 0.3) is 0 Å². The summed E-state index contributed by atoms with van der Waals surface area (Å²) in [6, 6.07) is -0.0252. The number of rotatable bonds is 4. The Morgan fingerprint density at radius 3 is 2.52 bits per heavy atom. The van der Waals surface area contributed by atoms with Crippen LogP contribution in [0.5, 0.6) is 0 Å². The Hall–Kier alpha value is -1.36. The smallest absolute Gasteiger partial charge is 0.220 e. The zero-order chi connectivity index (χ0) is 15.7. The molecule has 5 heteroatoms. The minimum atomic E-state index is -0.0252. The quantitative estimate of drug-likeness (QED) is 0.798. The molecule has 1 atom stereocenters. The van der Waals surface area contributed by atoms with Crippen LogP contribution in [0.15, 0.2) is 12.5 Å². The van der Waals surface area contributed by atoms with Crippen molar-refractivity contribution >= 4 is 5.91 Å². The van der Waals surface area contributed by atoms with E-state index in [1.54, 1.807) is 12.5 Å². The lowest BCUT2D eigenvalue weighted by atomic mass is 9.74. The highest BCUT2D eigenvalue weighted by molar-refractivity contribution is 5.76. The standard InChI is InChI=1S/C16H28N4O/c1-11(13-9-17-10-18-13)19-14(21)6-12-7-15(2,3)20-16(4,5)8-12/h9-12,20H,6-8H2,1-5H3,(H,17,18)(H,19,21)/t11-/m1/s1. The van der Waals surface area contributed by atoms with Crippen molar-refractivity contribution in [3.8, 4) is 0 Å². The van der Waals surface area contributed by atoms with Crippen molar-refractivity contribution in [2.24, 2.45) is 5.92 Å². The normalized spacial score (nSPS) is 22.7. The van der Waals surface area contributed by atoms with E-state index in [0.29, 0.717) is 12.3 Å². The molecule has 0 radical (unpaired) electrons. The van der Waals surface area contributed by atoms with E-state index in [1.165, 1.54) is 0 Å². The second-order valence-electron chi connectivity index (χ2n) is 7.67. The number of piperidine rings is 1. The second-order valence-corrected chi connectivity index (χ2v) is 7.67. The summed E-state index contributed by atoms with van der Waals surface area (Å²) >= 11 is 0. The van der Waals surface area contributed by atoms with Crippen LogP contribution in [-0.2, 0) is 4.79 Å². The molecule has 0 saturated carbocycles. The van der Waals surface area contributed by atoms with E-state index in [1.807, 2.05) is 6.92 Å². The van der Waals surface area contributed by atoms with Gasteiger partial charge in [0.1, 0.15) is 0 Å². The molecule has 118 valence electrons. The molecule has 3 N–H and O–H groups in total. The molecule has 1 aromatic rings. The number of aromatic nitrogens is 2. The van der Waals surface area contributed by atoms with Gasteiger partial charge >= 0.3 is 0 Å². The van der Waals surface area contributed by atoms with Crippen LogP contribution in [0.2, 0.25) is 0 Å². The van der Waals surface area contributed by atoms with Gasteiger partial charge in [0.05, 0.1) is 24.3 Å². The predicted molar refractivity (Wildman–Crippen MR) is 83.8 cm³/mol. The van der Waals surface area contributed by atoms with E-state index in [0.717, 1.165) is 18.5 Å². The lowest BCUT2D eigenvalue weighted by Crippen LogP contribution is -2.58. The summed E-state index contributed by atoms with van der Waals surface area (Å²) in [5.41, 5.74) is 1.11. The fraction of sp³-hybridized carbons (Fsp3) is 0.750. The first-order valence-corrected chi connectivity index (χ1v) is 7.74. The summed E-state index contributed by atoms with van der Waals surface area (Å²) < 4.78 is 0. The van der Waals surface area contributed by atoms with Crippen molar-refractivity contribution in [3.05, 3.63) is 18.2 Å². The minimum absolute atomic E-state index is 0.0252. The van der Waals surface area contributed by atoms with Crippen molar-refractivity contribution < 1.29 is 4.79 Å². The van der Waals surface area contributed by atoms with Gasteiger partial charge < -0.3 is 15.6 Å². The lowest BCUT2D eigenvalue weighted by Gasteiger charge is -2.46. The number of nitrogens with zero attached hydrogens (tertiary/aromatic N) is 1. The molecule has 0 aromatic carbocycles. The number of hydrogen-bond acceptors (Lipinski definition) is 3. The summed E-state index contributed by atoms with van der Waals surface area (Å²) in [7, 11) is 0. The number of nitrogens with one attached hydrogen (secondary N) is 3. The Balaban J connectivity index is 1.90. The molecule has 1 aliphatic rings. The first-order chi connectivity index (χ1) is 9.67. The van der Waals surface area contributed by atoms with Crippen LogP contribution in [0.1, 0.15) is 65.6 Å². The van der Waals surface area contributed by atoms with Gasteiger partial charge in [-0.25, -0.2) is 4.98 Å². The maximum Gasteiger partial charge on any atom is 0.220 e. The molecule has 2 rings (SSSR count). The molecule has 0 aliphatic carbocycles. The molecule has 1 aliphatic heterocycles. The van der Waals surface area contributed by atoms with E-state index in [9.17, 15) is 4.79 Å². The fourth-order valence-corrected chi connectivity index (χ4v) is 3.82. The number of amides is 1. The summed E-state index contributed by atoms with van der Waals surface area (Å²) in [6.07, 6.45) is 6.04. The van der Waals surface area contributed by atoms with Crippen molar-refractivity contribution in [3.63, 3.8) is 0 Å². The van der Waals surface area contributed by atoms with Crippen molar-refractivity contribution in [2.45, 2.75) is 71.0 Å². The van der Waals surface area contributed by atoms with Crippen molar-refractivity contribution in [2.75, 3.05) is 0 Å². The van der Waals surface area contributed by atoms with Gasteiger partial charge in [0.2, 0.25) is 5.91 Å². The van der Waals surface area contributed by atoms with Crippen LogP contribution in [0, 0.1) is 5.92 Å². The van der Waals surface area contributed by atoms with Gasteiger partial charge in [-0.1, -0.05) is 0 Å². The van der Waals surface area contributed by atoms with E-state index < -0.39 is 0 Å². The van der Waals surface area contributed by atoms with Gasteiger partial charge in [0.15, 0.2) is 0 Å². The molecule has 1 aromatic heterocycles. The number of carbonyl (C=O) groups excluding carboxylic acids is 1. The van der Waals surface area contributed by atoms with Crippen LogP contribution < -0.4 is 10.6 Å². The van der Waals surface area contributed by atoms with Gasteiger partial charge in [-0.05, 0) is 53.4 Å². The molecule has 1 amide bonds. The first kappa shape index (κ1) is 16.0. The summed E-state index contributed by atoms with van der Waals surface area (Å²) in [4.78, 5) is 19.3. The average Bonchev–Trinajstić information content (AvgIpc) is 2.76. The predicted octanol–water partition coefficient (Wildman–Crippen LogP) is 2.53. The van der Waals surface area contributed by atoms with E-state index in [2.05, 4.69) is 48.3 Å². The summed E-state index contributed by atoms with van der Waals surface area (Å²) in [6.45, 7) is 10.8. The van der Waals surface area contributed by atoms with Crippen molar-refractivity contribution in [1.82, 2.24) is 20.6 Å². The highest BCUT2D eigenvalue weighted by atomic mass is 16.1. The summed E-state index contributed by atoms with van der Waals surface area (Å²) in [5, 5.41) is 6.71. The Labute approximate surface area is 127 Å². The zero-order valence-electron chi connectivity index (χ0n) is 13.8. The molecule has 2 heterocycles. The van der Waals surface area contributed by atoms with Crippen LogP contribution in [0.4, 0.5) is 0 Å². The van der Waals surface area contributed by atoms with E-state index >= 15 is 0 Å². The maximum absolute atomic E-state index is 12.3. The number of carbonyl (C=O) groups is 1. The van der Waals surface area contributed by atoms with Crippen molar-refractivity contribution in [1.29, 1.82) is 0 Å². The van der Waals surface area contributed by atoms with Gasteiger partial charge in [0, 0.05) is 17.5 Å². The molecule has 0 spiro atoms. The summed E-state index contributed by atoms with van der Waals surface area (Å²) in [5.74, 6) is 0.542. The van der Waals surface area contributed by atoms with E-state index in [4.69, 9.17) is 0 Å². The zero-order valence-corrected chi connectivity index (χ0v) is 13.8. The second kappa shape index (κ2) is 5.79. The van der Waals surface area contributed by atoms with Crippen LogP contribution >= 0.6 is 0 Å². The number of H-pyrrole nitrogens is 1. The largest absolute Gasteiger partial charge is 0.348 e. The topological polar surface area (TPSA) is 69.8 Å². The molecule has 21 heavy (non-hydrogen) atoms. The Bertz CT molecular complexity index is 462. The molecule has 1 saturated heterocycles. The third kappa shape index (κ3) is 4.56. The van der Waals surface area contributed by atoms with Crippen LogP contribution in [0.3, 0.4) is 0 Å². The molecule has 5 nitrogen and oxygen atoms in total. The fourth-order valence-electron chi connectivity index (χ4n) is 3.82. The Morgan fingerprint density at radius 2 is 2.00 bits per heavy atom. The van der Waals surface area contributed by atoms with Gasteiger partial charge in [-0.2, -0.15) is 0 Å². The number of hydrogen-bond donors (Lipinski definition) is 3. The third-order valence-electron chi connectivity index (χ3n) is 4.11. The lowest BCUT2D eigenvalue weighted by molar-refractivity contribution is -0.123. The highest BCUT2D eigenvalue weighted by Gasteiger charge is 2.38. The maximum atomic E-state index is 12.3. The molecule has 1 fully saturated rings. The Kier molecular flexibility index (Phi) is 4.42.